The molecule has 0 radical (unpaired) electrons. The van der Waals surface area contributed by atoms with Gasteiger partial charge in [0, 0.05) is 12.3 Å². The minimum absolute atomic E-state index is 0.129. The number of barbiturate groups is 1. The zero-order chi connectivity index (χ0) is 19.8. The van der Waals surface area contributed by atoms with E-state index in [-0.39, 0.29) is 6.54 Å². The zero-order valence-corrected chi connectivity index (χ0v) is 16.3. The Morgan fingerprint density at radius 2 is 1.81 bits per heavy atom. The molecule has 0 bridgehead atoms. The van der Waals surface area contributed by atoms with Gasteiger partial charge in [0.2, 0.25) is 11.8 Å². The fourth-order valence-corrected chi connectivity index (χ4v) is 3.08. The third-order valence-corrected chi connectivity index (χ3v) is 4.74. The van der Waals surface area contributed by atoms with Gasteiger partial charge in [-0.15, -0.1) is 0 Å². The fraction of sp³-hybridized carbons (Fsp3) is 0.500. The standard InChI is InChI=1S/C20H28N4O3/c1-4-23(5-2)13-9-12-21-15(3)17-18(25)22-20(27)24(19(17)26)14-16-10-7-6-8-11-16/h6-8,10-11,17H,4-5,9,12-14H2,1-3H3,(H,22,25,27). The molecule has 0 spiro atoms. The molecular weight excluding hydrogens is 344 g/mol. The van der Waals surface area contributed by atoms with Crippen molar-refractivity contribution < 1.29 is 14.4 Å². The van der Waals surface area contributed by atoms with Gasteiger partial charge >= 0.3 is 6.03 Å². The Morgan fingerprint density at radius 3 is 2.44 bits per heavy atom. The average Bonchev–Trinajstić information content (AvgIpc) is 2.66. The summed E-state index contributed by atoms with van der Waals surface area (Å²) in [6.45, 7) is 9.47. The minimum atomic E-state index is -1.04. The number of nitrogens with zero attached hydrogens (tertiary/aromatic N) is 3. The number of benzene rings is 1. The van der Waals surface area contributed by atoms with Gasteiger partial charge < -0.3 is 4.90 Å². The van der Waals surface area contributed by atoms with Crippen LogP contribution in [0.15, 0.2) is 35.3 Å². The molecule has 1 heterocycles. The Balaban J connectivity index is 2.03. The van der Waals surface area contributed by atoms with E-state index in [0.29, 0.717) is 12.3 Å². The lowest BCUT2D eigenvalue weighted by Gasteiger charge is -2.30. The number of carbonyl (C=O) groups is 3. The molecule has 4 amide bonds. The summed E-state index contributed by atoms with van der Waals surface area (Å²) in [6.07, 6.45) is 0.855. The Kier molecular flexibility index (Phi) is 7.67. The van der Waals surface area contributed by atoms with Gasteiger partial charge in [-0.2, -0.15) is 0 Å². The lowest BCUT2D eigenvalue weighted by atomic mass is 9.99. The van der Waals surface area contributed by atoms with E-state index in [1.165, 1.54) is 0 Å². The van der Waals surface area contributed by atoms with Crippen molar-refractivity contribution in [2.75, 3.05) is 26.2 Å². The van der Waals surface area contributed by atoms with Crippen molar-refractivity contribution in [1.82, 2.24) is 15.1 Å². The number of imide groups is 2. The van der Waals surface area contributed by atoms with E-state index in [9.17, 15) is 14.4 Å². The molecule has 7 nitrogen and oxygen atoms in total. The summed E-state index contributed by atoms with van der Waals surface area (Å²) < 4.78 is 0. The van der Waals surface area contributed by atoms with Crippen molar-refractivity contribution >= 4 is 23.6 Å². The molecule has 1 unspecified atom stereocenters. The first-order chi connectivity index (χ1) is 13.0. The number of carbonyl (C=O) groups excluding carboxylic acids is 3. The van der Waals surface area contributed by atoms with Gasteiger partial charge in [-0.05, 0) is 38.5 Å². The second-order valence-corrected chi connectivity index (χ2v) is 6.54. The van der Waals surface area contributed by atoms with Crippen LogP contribution < -0.4 is 5.32 Å². The highest BCUT2D eigenvalue weighted by molar-refractivity contribution is 6.27. The van der Waals surface area contributed by atoms with Gasteiger partial charge in [0.05, 0.1) is 6.54 Å². The summed E-state index contributed by atoms with van der Waals surface area (Å²) in [5.74, 6) is -2.16. The maximum Gasteiger partial charge on any atom is 0.331 e. The van der Waals surface area contributed by atoms with E-state index in [1.54, 1.807) is 6.92 Å². The molecule has 7 heteroatoms. The summed E-state index contributed by atoms with van der Waals surface area (Å²) >= 11 is 0. The molecule has 2 rings (SSSR count). The van der Waals surface area contributed by atoms with Crippen LogP contribution in [0.4, 0.5) is 4.79 Å². The Hall–Kier alpha value is -2.54. The Bertz CT molecular complexity index is 698. The van der Waals surface area contributed by atoms with E-state index < -0.39 is 23.8 Å². The van der Waals surface area contributed by atoms with Gasteiger partial charge in [0.1, 0.15) is 0 Å². The largest absolute Gasteiger partial charge is 0.331 e. The van der Waals surface area contributed by atoms with Crippen LogP contribution in [0.2, 0.25) is 0 Å². The lowest BCUT2D eigenvalue weighted by Crippen LogP contribution is -2.59. The Labute approximate surface area is 160 Å². The number of nitrogens with one attached hydrogen (secondary N) is 1. The predicted octanol–water partition coefficient (Wildman–Crippen LogP) is 2.07. The molecule has 1 aliphatic rings. The highest BCUT2D eigenvalue weighted by atomic mass is 16.2. The quantitative estimate of drug-likeness (QED) is 0.409. The molecule has 1 atom stereocenters. The summed E-state index contributed by atoms with van der Waals surface area (Å²) in [7, 11) is 0. The Morgan fingerprint density at radius 1 is 1.15 bits per heavy atom. The molecule has 1 aliphatic heterocycles. The van der Waals surface area contributed by atoms with Crippen molar-refractivity contribution in [1.29, 1.82) is 0 Å². The number of urea groups is 1. The van der Waals surface area contributed by atoms with E-state index in [4.69, 9.17) is 0 Å². The summed E-state index contributed by atoms with van der Waals surface area (Å²) in [4.78, 5) is 44.9. The molecule has 1 saturated heterocycles. The van der Waals surface area contributed by atoms with Gasteiger partial charge in [0.15, 0.2) is 5.92 Å². The molecule has 0 saturated carbocycles. The SMILES string of the molecule is CCN(CC)CCCN=C(C)C1C(=O)NC(=O)N(Cc2ccccc2)C1=O. The molecule has 0 aromatic heterocycles. The monoisotopic (exact) mass is 372 g/mol. The molecule has 146 valence electrons. The zero-order valence-electron chi connectivity index (χ0n) is 16.3. The van der Waals surface area contributed by atoms with Crippen LogP contribution in [0.1, 0.15) is 32.8 Å². The maximum atomic E-state index is 12.8. The molecule has 1 fully saturated rings. The smallest absolute Gasteiger partial charge is 0.304 e. The molecule has 1 aromatic rings. The first-order valence-corrected chi connectivity index (χ1v) is 9.41. The van der Waals surface area contributed by atoms with Crippen LogP contribution >= 0.6 is 0 Å². The van der Waals surface area contributed by atoms with Gasteiger partial charge in [-0.1, -0.05) is 44.2 Å². The number of aliphatic imine (C=N–C) groups is 1. The van der Waals surface area contributed by atoms with Crippen LogP contribution in [-0.2, 0) is 16.1 Å². The van der Waals surface area contributed by atoms with Gasteiger partial charge in [0.25, 0.3) is 0 Å². The molecular formula is C20H28N4O3. The van der Waals surface area contributed by atoms with Crippen LogP contribution in [-0.4, -0.2) is 59.5 Å². The topological polar surface area (TPSA) is 82.1 Å². The van der Waals surface area contributed by atoms with Crippen molar-refractivity contribution in [3.8, 4) is 0 Å². The maximum absolute atomic E-state index is 12.8. The molecule has 1 aromatic carbocycles. The highest BCUT2D eigenvalue weighted by Gasteiger charge is 2.41. The van der Waals surface area contributed by atoms with E-state index in [0.717, 1.165) is 36.5 Å². The first kappa shape index (κ1) is 20.8. The minimum Gasteiger partial charge on any atom is -0.304 e. The van der Waals surface area contributed by atoms with E-state index >= 15 is 0 Å². The number of amides is 4. The summed E-state index contributed by atoms with van der Waals surface area (Å²) in [6, 6.07) is 8.53. The third-order valence-electron chi connectivity index (χ3n) is 4.74. The number of rotatable bonds is 9. The fourth-order valence-electron chi connectivity index (χ4n) is 3.08. The van der Waals surface area contributed by atoms with Crippen LogP contribution in [0.25, 0.3) is 0 Å². The van der Waals surface area contributed by atoms with E-state index in [1.807, 2.05) is 30.3 Å². The molecule has 1 N–H and O–H groups in total. The van der Waals surface area contributed by atoms with Crippen LogP contribution in [0, 0.1) is 5.92 Å². The van der Waals surface area contributed by atoms with Gasteiger partial charge in [-0.25, -0.2) is 4.79 Å². The van der Waals surface area contributed by atoms with Crippen molar-refractivity contribution in [2.45, 2.75) is 33.7 Å². The van der Waals surface area contributed by atoms with Crippen molar-refractivity contribution in [2.24, 2.45) is 10.9 Å². The van der Waals surface area contributed by atoms with Gasteiger partial charge in [-0.3, -0.25) is 24.8 Å². The van der Waals surface area contributed by atoms with Crippen LogP contribution in [0.5, 0.6) is 0 Å². The third kappa shape index (κ3) is 5.47. The normalized spacial score (nSPS) is 18.2. The average molecular weight is 372 g/mol. The molecule has 27 heavy (non-hydrogen) atoms. The van der Waals surface area contributed by atoms with Crippen LogP contribution in [0.3, 0.4) is 0 Å². The van der Waals surface area contributed by atoms with E-state index in [2.05, 4.69) is 29.1 Å². The second kappa shape index (κ2) is 9.97. The summed E-state index contributed by atoms with van der Waals surface area (Å²) in [5.41, 5.74) is 1.27. The first-order valence-electron chi connectivity index (χ1n) is 9.41. The van der Waals surface area contributed by atoms with Crippen molar-refractivity contribution in [3.05, 3.63) is 35.9 Å². The molecule has 0 aliphatic carbocycles. The number of hydrogen-bond acceptors (Lipinski definition) is 5. The predicted molar refractivity (Wildman–Crippen MR) is 104 cm³/mol. The highest BCUT2D eigenvalue weighted by Crippen LogP contribution is 2.16. The van der Waals surface area contributed by atoms with Crippen molar-refractivity contribution in [3.63, 3.8) is 0 Å². The summed E-state index contributed by atoms with van der Waals surface area (Å²) in [5, 5.41) is 2.28. The number of hydrogen-bond donors (Lipinski definition) is 1. The second-order valence-electron chi connectivity index (χ2n) is 6.54. The lowest BCUT2D eigenvalue weighted by molar-refractivity contribution is -0.139.